The Labute approximate surface area is 102 Å². The molecule has 1 atom stereocenters. The van der Waals surface area contributed by atoms with Crippen molar-refractivity contribution >= 4 is 0 Å². The second-order valence-electron chi connectivity index (χ2n) is 4.66. The fraction of sp³-hybridized carbons (Fsp3) is 0.571. The molecule has 0 amide bonds. The Morgan fingerprint density at radius 3 is 2.82 bits per heavy atom. The molecule has 0 spiro atoms. The second kappa shape index (κ2) is 6.12. The lowest BCUT2D eigenvalue weighted by Crippen LogP contribution is -2.26. The highest BCUT2D eigenvalue weighted by atomic mass is 19.1. The van der Waals surface area contributed by atoms with Gasteiger partial charge in [-0.05, 0) is 30.4 Å². The summed E-state index contributed by atoms with van der Waals surface area (Å²) in [5, 5.41) is 3.34. The van der Waals surface area contributed by atoms with Crippen LogP contribution in [0.15, 0.2) is 24.3 Å². The lowest BCUT2D eigenvalue weighted by Gasteiger charge is -2.18. The Balaban J connectivity index is 1.95. The SMILES string of the molecule is COCCNCC(c1ccccc1F)C1CC1. The molecular weight excluding hydrogens is 217 g/mol. The van der Waals surface area contributed by atoms with Crippen molar-refractivity contribution in [2.75, 3.05) is 26.8 Å². The first-order valence-electron chi connectivity index (χ1n) is 6.27. The van der Waals surface area contributed by atoms with Crippen LogP contribution in [0.4, 0.5) is 4.39 Å². The van der Waals surface area contributed by atoms with Crippen molar-refractivity contribution in [3.8, 4) is 0 Å². The Hall–Kier alpha value is -0.930. The number of hydrogen-bond acceptors (Lipinski definition) is 2. The molecule has 1 unspecified atom stereocenters. The minimum atomic E-state index is -0.0714. The van der Waals surface area contributed by atoms with Crippen LogP contribution in [0.2, 0.25) is 0 Å². The quantitative estimate of drug-likeness (QED) is 0.736. The topological polar surface area (TPSA) is 21.3 Å². The third-order valence-corrected chi connectivity index (χ3v) is 3.34. The Bertz CT molecular complexity index is 352. The Kier molecular flexibility index (Phi) is 4.51. The van der Waals surface area contributed by atoms with Crippen molar-refractivity contribution in [2.45, 2.75) is 18.8 Å². The van der Waals surface area contributed by atoms with Crippen molar-refractivity contribution < 1.29 is 9.13 Å². The predicted molar refractivity (Wildman–Crippen MR) is 66.6 cm³/mol. The highest BCUT2D eigenvalue weighted by Gasteiger charge is 2.33. The smallest absolute Gasteiger partial charge is 0.126 e. The number of nitrogens with one attached hydrogen (secondary N) is 1. The molecular formula is C14H20FNO. The molecule has 0 saturated heterocycles. The number of halogens is 1. The molecule has 94 valence electrons. The van der Waals surface area contributed by atoms with Crippen LogP contribution in [-0.4, -0.2) is 26.8 Å². The fourth-order valence-corrected chi connectivity index (χ4v) is 2.24. The summed E-state index contributed by atoms with van der Waals surface area (Å²) in [5.74, 6) is 0.896. The first-order valence-corrected chi connectivity index (χ1v) is 6.27. The monoisotopic (exact) mass is 237 g/mol. The van der Waals surface area contributed by atoms with Gasteiger partial charge < -0.3 is 10.1 Å². The van der Waals surface area contributed by atoms with Gasteiger partial charge in [-0.3, -0.25) is 0 Å². The van der Waals surface area contributed by atoms with Gasteiger partial charge in [0.2, 0.25) is 0 Å². The molecule has 2 rings (SSSR count). The van der Waals surface area contributed by atoms with Crippen LogP contribution in [-0.2, 0) is 4.74 Å². The molecule has 1 N–H and O–H groups in total. The second-order valence-corrected chi connectivity index (χ2v) is 4.66. The molecule has 0 heterocycles. The van der Waals surface area contributed by atoms with E-state index in [4.69, 9.17) is 4.74 Å². The van der Waals surface area contributed by atoms with Gasteiger partial charge in [0.1, 0.15) is 5.82 Å². The summed E-state index contributed by atoms with van der Waals surface area (Å²) in [6.45, 7) is 2.37. The largest absolute Gasteiger partial charge is 0.383 e. The van der Waals surface area contributed by atoms with E-state index in [0.29, 0.717) is 18.4 Å². The van der Waals surface area contributed by atoms with E-state index >= 15 is 0 Å². The predicted octanol–water partition coefficient (Wildman–Crippen LogP) is 2.56. The van der Waals surface area contributed by atoms with Crippen LogP contribution in [0.5, 0.6) is 0 Å². The maximum atomic E-state index is 13.8. The number of methoxy groups -OCH3 is 1. The van der Waals surface area contributed by atoms with Crippen LogP contribution >= 0.6 is 0 Å². The van der Waals surface area contributed by atoms with Gasteiger partial charge >= 0.3 is 0 Å². The van der Waals surface area contributed by atoms with Gasteiger partial charge in [-0.25, -0.2) is 4.39 Å². The van der Waals surface area contributed by atoms with E-state index in [1.165, 1.54) is 12.8 Å². The first kappa shape index (κ1) is 12.5. The number of ether oxygens (including phenoxy) is 1. The van der Waals surface area contributed by atoms with Gasteiger partial charge in [-0.15, -0.1) is 0 Å². The van der Waals surface area contributed by atoms with E-state index < -0.39 is 0 Å². The molecule has 1 saturated carbocycles. The van der Waals surface area contributed by atoms with E-state index in [-0.39, 0.29) is 5.82 Å². The van der Waals surface area contributed by atoms with Crippen molar-refractivity contribution in [1.82, 2.24) is 5.32 Å². The highest BCUT2D eigenvalue weighted by Crippen LogP contribution is 2.42. The standard InChI is InChI=1S/C14H20FNO/c1-17-9-8-16-10-13(11-6-7-11)12-4-2-3-5-14(12)15/h2-5,11,13,16H,6-10H2,1H3. The molecule has 1 aliphatic rings. The summed E-state index contributed by atoms with van der Waals surface area (Å²) >= 11 is 0. The summed E-state index contributed by atoms with van der Waals surface area (Å²) in [6, 6.07) is 7.14. The van der Waals surface area contributed by atoms with Crippen molar-refractivity contribution in [1.29, 1.82) is 0 Å². The number of hydrogen-bond donors (Lipinski definition) is 1. The molecule has 1 aromatic carbocycles. The van der Waals surface area contributed by atoms with Crippen LogP contribution in [0.25, 0.3) is 0 Å². The van der Waals surface area contributed by atoms with Gasteiger partial charge in [0, 0.05) is 26.1 Å². The third kappa shape index (κ3) is 3.51. The maximum Gasteiger partial charge on any atom is 0.126 e. The van der Waals surface area contributed by atoms with Gasteiger partial charge in [0.15, 0.2) is 0 Å². The minimum absolute atomic E-state index is 0.0714. The van der Waals surface area contributed by atoms with Crippen molar-refractivity contribution in [3.05, 3.63) is 35.6 Å². The normalized spacial score (nSPS) is 17.1. The van der Waals surface area contributed by atoms with Gasteiger partial charge in [-0.2, -0.15) is 0 Å². The van der Waals surface area contributed by atoms with E-state index in [9.17, 15) is 4.39 Å². The van der Waals surface area contributed by atoms with E-state index in [1.54, 1.807) is 19.2 Å². The van der Waals surface area contributed by atoms with E-state index in [2.05, 4.69) is 5.32 Å². The molecule has 0 bridgehead atoms. The minimum Gasteiger partial charge on any atom is -0.383 e. The summed E-state index contributed by atoms with van der Waals surface area (Å²) in [5.41, 5.74) is 0.861. The molecule has 17 heavy (non-hydrogen) atoms. The van der Waals surface area contributed by atoms with Crippen LogP contribution < -0.4 is 5.32 Å². The number of rotatable bonds is 7. The molecule has 3 heteroatoms. The molecule has 2 nitrogen and oxygen atoms in total. The Morgan fingerprint density at radius 2 is 2.18 bits per heavy atom. The average Bonchev–Trinajstić information content (AvgIpc) is 3.15. The lowest BCUT2D eigenvalue weighted by atomic mass is 9.93. The Morgan fingerprint density at radius 1 is 1.41 bits per heavy atom. The zero-order valence-corrected chi connectivity index (χ0v) is 10.3. The van der Waals surface area contributed by atoms with E-state index in [1.807, 2.05) is 12.1 Å². The third-order valence-electron chi connectivity index (χ3n) is 3.34. The van der Waals surface area contributed by atoms with Gasteiger partial charge in [0.25, 0.3) is 0 Å². The highest BCUT2D eigenvalue weighted by molar-refractivity contribution is 5.24. The van der Waals surface area contributed by atoms with Crippen LogP contribution in [0, 0.1) is 11.7 Å². The molecule has 1 aromatic rings. The number of benzene rings is 1. The van der Waals surface area contributed by atoms with Crippen molar-refractivity contribution in [2.24, 2.45) is 5.92 Å². The molecule has 1 aliphatic carbocycles. The van der Waals surface area contributed by atoms with Crippen LogP contribution in [0.1, 0.15) is 24.3 Å². The maximum absolute atomic E-state index is 13.8. The van der Waals surface area contributed by atoms with E-state index in [0.717, 1.165) is 18.7 Å². The molecule has 0 aromatic heterocycles. The zero-order chi connectivity index (χ0) is 12.1. The van der Waals surface area contributed by atoms with Crippen LogP contribution in [0.3, 0.4) is 0 Å². The fourth-order valence-electron chi connectivity index (χ4n) is 2.24. The van der Waals surface area contributed by atoms with Gasteiger partial charge in [0.05, 0.1) is 6.61 Å². The molecule has 1 fully saturated rings. The summed E-state index contributed by atoms with van der Waals surface area (Å²) in [4.78, 5) is 0. The zero-order valence-electron chi connectivity index (χ0n) is 10.3. The van der Waals surface area contributed by atoms with Crippen molar-refractivity contribution in [3.63, 3.8) is 0 Å². The first-order chi connectivity index (χ1) is 8.33. The summed E-state index contributed by atoms with van der Waals surface area (Å²) in [7, 11) is 1.69. The summed E-state index contributed by atoms with van der Waals surface area (Å²) in [6.07, 6.45) is 2.45. The lowest BCUT2D eigenvalue weighted by molar-refractivity contribution is 0.198. The summed E-state index contributed by atoms with van der Waals surface area (Å²) < 4.78 is 18.7. The average molecular weight is 237 g/mol. The molecule has 0 radical (unpaired) electrons. The molecule has 0 aliphatic heterocycles. The van der Waals surface area contributed by atoms with Gasteiger partial charge in [-0.1, -0.05) is 18.2 Å².